The van der Waals surface area contributed by atoms with Gasteiger partial charge in [-0.3, -0.25) is 0 Å². The van der Waals surface area contributed by atoms with Crippen LogP contribution in [0.15, 0.2) is 12.1 Å². The summed E-state index contributed by atoms with van der Waals surface area (Å²) >= 11 is 0. The number of aliphatic hydroxyl groups is 1. The Morgan fingerprint density at radius 1 is 1.35 bits per heavy atom. The van der Waals surface area contributed by atoms with Crippen LogP contribution in [0.25, 0.3) is 0 Å². The highest BCUT2D eigenvalue weighted by atomic mass is 16.5. The minimum absolute atomic E-state index is 0.145. The van der Waals surface area contributed by atoms with Crippen molar-refractivity contribution >= 4 is 0 Å². The lowest BCUT2D eigenvalue weighted by Crippen LogP contribution is -2.31. The first-order valence-electron chi connectivity index (χ1n) is 6.06. The van der Waals surface area contributed by atoms with E-state index in [-0.39, 0.29) is 12.6 Å². The van der Waals surface area contributed by atoms with Gasteiger partial charge in [0.25, 0.3) is 0 Å². The van der Waals surface area contributed by atoms with Crippen molar-refractivity contribution in [3.8, 4) is 5.75 Å². The normalized spacial score (nSPS) is 12.5. The van der Waals surface area contributed by atoms with Crippen LogP contribution in [0.5, 0.6) is 5.75 Å². The van der Waals surface area contributed by atoms with Gasteiger partial charge in [-0.15, -0.1) is 0 Å². The molecule has 1 aromatic rings. The molecule has 0 spiro atoms. The molecule has 17 heavy (non-hydrogen) atoms. The van der Waals surface area contributed by atoms with Gasteiger partial charge in [0.2, 0.25) is 0 Å². The van der Waals surface area contributed by atoms with Crippen LogP contribution in [-0.2, 0) is 6.42 Å². The zero-order valence-corrected chi connectivity index (χ0v) is 11.2. The van der Waals surface area contributed by atoms with Crippen molar-refractivity contribution in [2.45, 2.75) is 33.2 Å². The molecule has 0 aliphatic rings. The molecule has 1 unspecified atom stereocenters. The third kappa shape index (κ3) is 4.02. The second-order valence-electron chi connectivity index (χ2n) is 4.55. The molecule has 0 saturated heterocycles. The number of aryl methyl sites for hydroxylation is 2. The summed E-state index contributed by atoms with van der Waals surface area (Å²) in [7, 11) is 1.71. The monoisotopic (exact) mass is 237 g/mol. The molecular formula is C14H23NO2. The molecule has 2 N–H and O–H groups in total. The van der Waals surface area contributed by atoms with Crippen LogP contribution in [0, 0.1) is 13.8 Å². The molecule has 0 fully saturated rings. The van der Waals surface area contributed by atoms with E-state index in [9.17, 15) is 0 Å². The topological polar surface area (TPSA) is 41.5 Å². The molecule has 0 amide bonds. The van der Waals surface area contributed by atoms with Crippen LogP contribution < -0.4 is 10.1 Å². The molecule has 1 atom stereocenters. The Labute approximate surface area is 104 Å². The molecule has 1 aromatic carbocycles. The number of rotatable bonds is 6. The van der Waals surface area contributed by atoms with Gasteiger partial charge in [0.15, 0.2) is 0 Å². The first-order valence-corrected chi connectivity index (χ1v) is 6.06. The van der Waals surface area contributed by atoms with Crippen molar-refractivity contribution in [2.75, 3.05) is 20.3 Å². The number of aliphatic hydroxyl groups excluding tert-OH is 1. The molecule has 0 aliphatic carbocycles. The number of hydrogen-bond acceptors (Lipinski definition) is 3. The summed E-state index contributed by atoms with van der Waals surface area (Å²) < 4.78 is 5.41. The standard InChI is InChI=1S/C14H23NO2/c1-10-7-11(2)13(14(8-10)17-4)5-6-15-12(3)9-16/h7-8,12,15-16H,5-6,9H2,1-4H3. The summed E-state index contributed by atoms with van der Waals surface area (Å²) in [6.45, 7) is 7.18. The molecule has 0 radical (unpaired) electrons. The summed E-state index contributed by atoms with van der Waals surface area (Å²) in [5.74, 6) is 0.959. The minimum Gasteiger partial charge on any atom is -0.496 e. The SMILES string of the molecule is COc1cc(C)cc(C)c1CCNC(C)CO. The highest BCUT2D eigenvalue weighted by Crippen LogP contribution is 2.24. The fourth-order valence-corrected chi connectivity index (χ4v) is 1.97. The van der Waals surface area contributed by atoms with Gasteiger partial charge in [0, 0.05) is 6.04 Å². The van der Waals surface area contributed by atoms with Gasteiger partial charge < -0.3 is 15.2 Å². The predicted molar refractivity (Wildman–Crippen MR) is 70.7 cm³/mol. The zero-order valence-electron chi connectivity index (χ0n) is 11.2. The maximum absolute atomic E-state index is 8.94. The Balaban J connectivity index is 2.69. The molecule has 3 heteroatoms. The second kappa shape index (κ2) is 6.62. The first-order chi connectivity index (χ1) is 8.08. The molecule has 0 saturated carbocycles. The highest BCUT2D eigenvalue weighted by molar-refractivity contribution is 5.43. The zero-order chi connectivity index (χ0) is 12.8. The molecule has 0 aliphatic heterocycles. The maximum Gasteiger partial charge on any atom is 0.122 e. The lowest BCUT2D eigenvalue weighted by atomic mass is 10.0. The lowest BCUT2D eigenvalue weighted by Gasteiger charge is -2.15. The average Bonchev–Trinajstić information content (AvgIpc) is 2.30. The minimum atomic E-state index is 0.145. The van der Waals surface area contributed by atoms with Crippen LogP contribution in [0.4, 0.5) is 0 Å². The highest BCUT2D eigenvalue weighted by Gasteiger charge is 2.08. The molecule has 96 valence electrons. The van der Waals surface area contributed by atoms with Crippen LogP contribution in [-0.4, -0.2) is 31.4 Å². The van der Waals surface area contributed by atoms with Gasteiger partial charge in [0.05, 0.1) is 13.7 Å². The van der Waals surface area contributed by atoms with E-state index in [2.05, 4.69) is 31.3 Å². The number of methoxy groups -OCH3 is 1. The molecule has 0 aromatic heterocycles. The molecular weight excluding hydrogens is 214 g/mol. The van der Waals surface area contributed by atoms with Crippen molar-refractivity contribution in [2.24, 2.45) is 0 Å². The number of nitrogens with one attached hydrogen (secondary N) is 1. The van der Waals surface area contributed by atoms with Gasteiger partial charge in [-0.1, -0.05) is 6.07 Å². The third-order valence-corrected chi connectivity index (χ3v) is 2.94. The van der Waals surface area contributed by atoms with E-state index in [4.69, 9.17) is 9.84 Å². The molecule has 3 nitrogen and oxygen atoms in total. The smallest absolute Gasteiger partial charge is 0.122 e. The third-order valence-electron chi connectivity index (χ3n) is 2.94. The van der Waals surface area contributed by atoms with Gasteiger partial charge in [-0.25, -0.2) is 0 Å². The lowest BCUT2D eigenvalue weighted by molar-refractivity contribution is 0.252. The summed E-state index contributed by atoms with van der Waals surface area (Å²) in [4.78, 5) is 0. The molecule has 0 bridgehead atoms. The van der Waals surface area contributed by atoms with E-state index >= 15 is 0 Å². The Kier molecular flexibility index (Phi) is 5.45. The van der Waals surface area contributed by atoms with E-state index in [1.165, 1.54) is 16.7 Å². The van der Waals surface area contributed by atoms with Crippen LogP contribution in [0.1, 0.15) is 23.6 Å². The van der Waals surface area contributed by atoms with E-state index in [1.807, 2.05) is 6.92 Å². The van der Waals surface area contributed by atoms with Crippen LogP contribution in [0.3, 0.4) is 0 Å². The van der Waals surface area contributed by atoms with Gasteiger partial charge >= 0.3 is 0 Å². The van der Waals surface area contributed by atoms with Crippen molar-refractivity contribution in [3.63, 3.8) is 0 Å². The number of ether oxygens (including phenoxy) is 1. The van der Waals surface area contributed by atoms with Gasteiger partial charge in [-0.05, 0) is 56.5 Å². The molecule has 1 rings (SSSR count). The van der Waals surface area contributed by atoms with Crippen LogP contribution in [0.2, 0.25) is 0 Å². The summed E-state index contributed by atoms with van der Waals surface area (Å²) in [6.07, 6.45) is 0.916. The fraction of sp³-hybridized carbons (Fsp3) is 0.571. The van der Waals surface area contributed by atoms with E-state index in [1.54, 1.807) is 7.11 Å². The summed E-state index contributed by atoms with van der Waals surface area (Å²) in [5.41, 5.74) is 3.73. The van der Waals surface area contributed by atoms with E-state index in [0.29, 0.717) is 0 Å². The van der Waals surface area contributed by atoms with Gasteiger partial charge in [0.1, 0.15) is 5.75 Å². The predicted octanol–water partition coefficient (Wildman–Crippen LogP) is 1.82. The Morgan fingerprint density at radius 3 is 2.65 bits per heavy atom. The van der Waals surface area contributed by atoms with Crippen molar-refractivity contribution < 1.29 is 9.84 Å². The van der Waals surface area contributed by atoms with Crippen LogP contribution >= 0.6 is 0 Å². The van der Waals surface area contributed by atoms with E-state index < -0.39 is 0 Å². The maximum atomic E-state index is 8.94. The first kappa shape index (κ1) is 14.0. The van der Waals surface area contributed by atoms with E-state index in [0.717, 1.165) is 18.7 Å². The van der Waals surface area contributed by atoms with Gasteiger partial charge in [-0.2, -0.15) is 0 Å². The number of benzene rings is 1. The van der Waals surface area contributed by atoms with Crippen molar-refractivity contribution in [1.29, 1.82) is 0 Å². The summed E-state index contributed by atoms with van der Waals surface area (Å²) in [5, 5.41) is 12.2. The van der Waals surface area contributed by atoms with Crippen molar-refractivity contribution in [3.05, 3.63) is 28.8 Å². The quantitative estimate of drug-likeness (QED) is 0.793. The fourth-order valence-electron chi connectivity index (χ4n) is 1.97. The average molecular weight is 237 g/mol. The molecule has 0 heterocycles. The van der Waals surface area contributed by atoms with Crippen molar-refractivity contribution in [1.82, 2.24) is 5.32 Å². The Morgan fingerprint density at radius 2 is 2.06 bits per heavy atom. The number of hydrogen-bond donors (Lipinski definition) is 2. The second-order valence-corrected chi connectivity index (χ2v) is 4.55. The Bertz CT molecular complexity index is 363. The largest absolute Gasteiger partial charge is 0.496 e. The summed E-state index contributed by atoms with van der Waals surface area (Å²) in [6, 6.07) is 4.39. The Hall–Kier alpha value is -1.06.